The van der Waals surface area contributed by atoms with Crippen molar-refractivity contribution < 1.29 is 13.2 Å². The minimum atomic E-state index is -4.42. The van der Waals surface area contributed by atoms with Crippen molar-refractivity contribution in [2.45, 2.75) is 44.8 Å². The highest BCUT2D eigenvalue weighted by molar-refractivity contribution is 7.18. The largest absolute Gasteiger partial charge is 0.434 e. The topological polar surface area (TPSA) is 43.6 Å². The summed E-state index contributed by atoms with van der Waals surface area (Å²) < 4.78 is 40.2. The number of alkyl halides is 3. The highest BCUT2D eigenvalue weighted by Crippen LogP contribution is 2.37. The number of halogens is 4. The Kier molecular flexibility index (Phi) is 3.99. The molecule has 4 heterocycles. The third kappa shape index (κ3) is 3.01. The zero-order valence-corrected chi connectivity index (χ0v) is 14.8. The van der Waals surface area contributed by atoms with E-state index in [4.69, 9.17) is 11.6 Å². The highest BCUT2D eigenvalue weighted by Gasteiger charge is 2.36. The van der Waals surface area contributed by atoms with Gasteiger partial charge in [0.25, 0.3) is 0 Å². The molecular weight excluding hydrogens is 373 g/mol. The standard InChI is InChI=1S/C16H14ClF3N4S/c1-2-9-6-10-13(22-15(17)23-14(10)25-9)8-3-4-24-7-11(16(18,19)20)21-12(24)5-8/h6-8H,2-5H2,1H3. The fourth-order valence-corrected chi connectivity index (χ4v) is 4.45. The lowest BCUT2D eigenvalue weighted by molar-refractivity contribution is -0.141. The van der Waals surface area contributed by atoms with Crippen molar-refractivity contribution >= 4 is 33.2 Å². The van der Waals surface area contributed by atoms with Crippen molar-refractivity contribution in [1.29, 1.82) is 0 Å². The average molecular weight is 387 g/mol. The Hall–Kier alpha value is -1.67. The van der Waals surface area contributed by atoms with Gasteiger partial charge >= 0.3 is 6.18 Å². The van der Waals surface area contributed by atoms with E-state index in [1.54, 1.807) is 15.9 Å². The summed E-state index contributed by atoms with van der Waals surface area (Å²) in [5.74, 6) is 0.427. The maximum atomic E-state index is 12.9. The third-order valence-corrected chi connectivity index (χ3v) is 5.82. The Morgan fingerprint density at radius 1 is 1.32 bits per heavy atom. The molecule has 0 saturated heterocycles. The lowest BCUT2D eigenvalue weighted by atomic mass is 9.92. The lowest BCUT2D eigenvalue weighted by Gasteiger charge is -2.23. The van der Waals surface area contributed by atoms with Crippen LogP contribution in [0.2, 0.25) is 5.28 Å². The molecule has 0 fully saturated rings. The van der Waals surface area contributed by atoms with Crippen LogP contribution >= 0.6 is 22.9 Å². The fraction of sp³-hybridized carbons (Fsp3) is 0.438. The molecule has 4 rings (SSSR count). The molecule has 0 aromatic carbocycles. The van der Waals surface area contributed by atoms with Crippen molar-refractivity contribution in [1.82, 2.24) is 19.5 Å². The SMILES string of the molecule is CCc1cc2c(C3CCn4cc(C(F)(F)F)nc4C3)nc(Cl)nc2s1. The van der Waals surface area contributed by atoms with Gasteiger partial charge in [0.1, 0.15) is 10.7 Å². The molecule has 25 heavy (non-hydrogen) atoms. The van der Waals surface area contributed by atoms with Gasteiger partial charge in [-0.3, -0.25) is 0 Å². The molecule has 0 spiro atoms. The van der Waals surface area contributed by atoms with Crippen LogP contribution in [0.15, 0.2) is 12.3 Å². The second-order valence-electron chi connectivity index (χ2n) is 6.09. The number of nitrogens with zero attached hydrogens (tertiary/aromatic N) is 4. The van der Waals surface area contributed by atoms with Crippen LogP contribution in [0.5, 0.6) is 0 Å². The monoisotopic (exact) mass is 386 g/mol. The van der Waals surface area contributed by atoms with Crippen LogP contribution in [-0.4, -0.2) is 19.5 Å². The molecule has 9 heteroatoms. The molecule has 0 amide bonds. The molecular formula is C16H14ClF3N4S. The lowest BCUT2D eigenvalue weighted by Crippen LogP contribution is -2.19. The second kappa shape index (κ2) is 5.95. The van der Waals surface area contributed by atoms with Crippen LogP contribution in [-0.2, 0) is 25.6 Å². The van der Waals surface area contributed by atoms with E-state index < -0.39 is 11.9 Å². The number of rotatable bonds is 2. The molecule has 0 radical (unpaired) electrons. The van der Waals surface area contributed by atoms with E-state index >= 15 is 0 Å². The van der Waals surface area contributed by atoms with Gasteiger partial charge in [-0.1, -0.05) is 6.92 Å². The molecule has 1 aliphatic rings. The summed E-state index contributed by atoms with van der Waals surface area (Å²) in [7, 11) is 0. The molecule has 4 nitrogen and oxygen atoms in total. The summed E-state index contributed by atoms with van der Waals surface area (Å²) in [5, 5.41) is 1.13. The summed E-state index contributed by atoms with van der Waals surface area (Å²) in [6.07, 6.45) is -1.33. The zero-order chi connectivity index (χ0) is 17.8. The maximum Gasteiger partial charge on any atom is 0.434 e. The van der Waals surface area contributed by atoms with E-state index in [1.807, 2.05) is 0 Å². The van der Waals surface area contributed by atoms with Gasteiger partial charge in [-0.15, -0.1) is 11.3 Å². The summed E-state index contributed by atoms with van der Waals surface area (Å²) in [4.78, 5) is 14.5. The number of aryl methyl sites for hydroxylation is 2. The van der Waals surface area contributed by atoms with Crippen molar-refractivity contribution in [2.75, 3.05) is 0 Å². The predicted octanol–water partition coefficient (Wildman–Crippen LogP) is 4.85. The first-order valence-corrected chi connectivity index (χ1v) is 9.13. The quantitative estimate of drug-likeness (QED) is 0.591. The van der Waals surface area contributed by atoms with E-state index in [1.165, 1.54) is 4.88 Å². The van der Waals surface area contributed by atoms with Crippen LogP contribution < -0.4 is 0 Å². The molecule has 132 valence electrons. The molecule has 1 unspecified atom stereocenters. The molecule has 3 aromatic heterocycles. The van der Waals surface area contributed by atoms with Gasteiger partial charge in [0, 0.05) is 35.3 Å². The molecule has 0 bridgehead atoms. The van der Waals surface area contributed by atoms with Crippen LogP contribution in [0.25, 0.3) is 10.2 Å². The summed E-state index contributed by atoms with van der Waals surface area (Å²) in [6, 6.07) is 2.06. The van der Waals surface area contributed by atoms with Gasteiger partial charge < -0.3 is 4.57 Å². The Morgan fingerprint density at radius 2 is 2.12 bits per heavy atom. The third-order valence-electron chi connectivity index (χ3n) is 4.48. The normalized spacial score (nSPS) is 17.9. The molecule has 0 saturated carbocycles. The van der Waals surface area contributed by atoms with E-state index in [2.05, 4.69) is 27.9 Å². The van der Waals surface area contributed by atoms with Gasteiger partial charge in [-0.25, -0.2) is 15.0 Å². The fourth-order valence-electron chi connectivity index (χ4n) is 3.25. The Morgan fingerprint density at radius 3 is 2.84 bits per heavy atom. The van der Waals surface area contributed by atoms with E-state index in [9.17, 15) is 13.2 Å². The summed E-state index contributed by atoms with van der Waals surface area (Å²) in [5.41, 5.74) is -0.0217. The van der Waals surface area contributed by atoms with Crippen LogP contribution in [0.1, 0.15) is 41.4 Å². The highest BCUT2D eigenvalue weighted by atomic mass is 35.5. The summed E-state index contributed by atoms with van der Waals surface area (Å²) >= 11 is 7.65. The number of hydrogen-bond acceptors (Lipinski definition) is 4. The van der Waals surface area contributed by atoms with Crippen LogP contribution in [0.3, 0.4) is 0 Å². The Balaban J connectivity index is 1.73. The number of aromatic nitrogens is 4. The number of hydrogen-bond donors (Lipinski definition) is 0. The molecule has 1 atom stereocenters. The number of imidazole rings is 1. The van der Waals surface area contributed by atoms with E-state index in [-0.39, 0.29) is 11.2 Å². The maximum absolute atomic E-state index is 12.9. The van der Waals surface area contributed by atoms with Gasteiger partial charge in [-0.05, 0) is 30.5 Å². The Bertz CT molecular complexity index is 947. The molecule has 0 N–H and O–H groups in total. The van der Waals surface area contributed by atoms with Crippen LogP contribution in [0, 0.1) is 0 Å². The minimum Gasteiger partial charge on any atom is -0.334 e. The molecule has 3 aromatic rings. The predicted molar refractivity (Wildman–Crippen MR) is 90.1 cm³/mol. The van der Waals surface area contributed by atoms with Crippen molar-refractivity contribution in [2.24, 2.45) is 0 Å². The minimum absolute atomic E-state index is 0.0155. The van der Waals surface area contributed by atoms with Crippen molar-refractivity contribution in [3.05, 3.63) is 39.6 Å². The first kappa shape index (κ1) is 16.8. The van der Waals surface area contributed by atoms with E-state index in [0.29, 0.717) is 25.2 Å². The van der Waals surface area contributed by atoms with Gasteiger partial charge in [0.15, 0.2) is 5.69 Å². The Labute approximate surface area is 150 Å². The van der Waals surface area contributed by atoms with Crippen molar-refractivity contribution in [3.8, 4) is 0 Å². The average Bonchev–Trinajstić information content (AvgIpc) is 3.16. The number of fused-ring (bicyclic) bond motifs is 2. The zero-order valence-electron chi connectivity index (χ0n) is 13.3. The molecule has 1 aliphatic heterocycles. The molecule has 0 aliphatic carbocycles. The first-order chi connectivity index (χ1) is 11.8. The first-order valence-electron chi connectivity index (χ1n) is 7.94. The van der Waals surface area contributed by atoms with E-state index in [0.717, 1.165) is 28.5 Å². The smallest absolute Gasteiger partial charge is 0.334 e. The summed E-state index contributed by atoms with van der Waals surface area (Å²) in [6.45, 7) is 2.55. The van der Waals surface area contributed by atoms with Crippen LogP contribution in [0.4, 0.5) is 13.2 Å². The van der Waals surface area contributed by atoms with Gasteiger partial charge in [-0.2, -0.15) is 13.2 Å². The number of thiophene rings is 1. The van der Waals surface area contributed by atoms with Gasteiger partial charge in [0.05, 0.1) is 5.69 Å². The van der Waals surface area contributed by atoms with Gasteiger partial charge in [0.2, 0.25) is 5.28 Å². The second-order valence-corrected chi connectivity index (χ2v) is 7.54. The van der Waals surface area contributed by atoms with Crippen molar-refractivity contribution in [3.63, 3.8) is 0 Å².